The van der Waals surface area contributed by atoms with Gasteiger partial charge in [-0.3, -0.25) is 9.59 Å². The molecule has 0 fully saturated rings. The van der Waals surface area contributed by atoms with Crippen LogP contribution in [0.1, 0.15) is 16.1 Å². The molecule has 3 aromatic rings. The molecule has 0 aliphatic heterocycles. The number of nitrogens with one attached hydrogen (secondary N) is 3. The molecule has 0 saturated heterocycles. The molecule has 2 aromatic carbocycles. The van der Waals surface area contributed by atoms with Gasteiger partial charge in [-0.2, -0.15) is 0 Å². The summed E-state index contributed by atoms with van der Waals surface area (Å²) in [7, 11) is 1.84. The number of anilines is 1. The zero-order chi connectivity index (χ0) is 18.7. The van der Waals surface area contributed by atoms with Crippen LogP contribution in [0.3, 0.4) is 0 Å². The topological polar surface area (TPSA) is 66.4 Å². The van der Waals surface area contributed by atoms with Crippen molar-refractivity contribution in [1.82, 2.24) is 4.98 Å². The fourth-order valence-electron chi connectivity index (χ4n) is 3.07. The molecule has 0 bridgehead atoms. The average Bonchev–Trinajstić information content (AvgIpc) is 2.92. The molecule has 3 rings (SSSR count). The number of fused-ring (bicyclic) bond motifs is 1. The van der Waals surface area contributed by atoms with E-state index in [2.05, 4.69) is 10.3 Å². The zero-order valence-electron chi connectivity index (χ0n) is 14.7. The lowest BCUT2D eigenvalue weighted by atomic mass is 10.1. The SMILES string of the molecule is Cc1[nH]c2ccccc2c1C(=O)C[NH+](C)CC(=O)Nc1ccc(Cl)cc1. The number of hydrogen-bond donors (Lipinski definition) is 3. The lowest BCUT2D eigenvalue weighted by molar-refractivity contribution is -0.861. The van der Waals surface area contributed by atoms with Crippen LogP contribution in [0, 0.1) is 6.92 Å². The fraction of sp³-hybridized carbons (Fsp3) is 0.200. The molecule has 6 heteroatoms. The van der Waals surface area contributed by atoms with Gasteiger partial charge in [-0.1, -0.05) is 29.8 Å². The first kappa shape index (κ1) is 18.2. The molecule has 26 heavy (non-hydrogen) atoms. The number of aromatic amines is 1. The van der Waals surface area contributed by atoms with Gasteiger partial charge in [-0.25, -0.2) is 0 Å². The predicted molar refractivity (Wildman–Crippen MR) is 104 cm³/mol. The van der Waals surface area contributed by atoms with Crippen LogP contribution in [0.25, 0.3) is 10.9 Å². The van der Waals surface area contributed by atoms with Crippen molar-refractivity contribution in [3.8, 4) is 0 Å². The first-order valence-corrected chi connectivity index (χ1v) is 8.79. The predicted octanol–water partition coefficient (Wildman–Crippen LogP) is 2.47. The van der Waals surface area contributed by atoms with Gasteiger partial charge < -0.3 is 15.2 Å². The van der Waals surface area contributed by atoms with Crippen molar-refractivity contribution >= 4 is 39.9 Å². The molecule has 134 valence electrons. The van der Waals surface area contributed by atoms with E-state index in [0.29, 0.717) is 16.3 Å². The van der Waals surface area contributed by atoms with Crippen LogP contribution in [-0.2, 0) is 4.79 Å². The van der Waals surface area contributed by atoms with Gasteiger partial charge in [0.2, 0.25) is 5.78 Å². The highest BCUT2D eigenvalue weighted by atomic mass is 35.5. The lowest BCUT2D eigenvalue weighted by Crippen LogP contribution is -3.11. The number of aryl methyl sites for hydroxylation is 1. The number of quaternary nitrogens is 1. The smallest absolute Gasteiger partial charge is 0.279 e. The summed E-state index contributed by atoms with van der Waals surface area (Å²) in [6.45, 7) is 2.35. The zero-order valence-corrected chi connectivity index (χ0v) is 15.5. The normalized spacial score (nSPS) is 12.1. The number of benzene rings is 2. The Morgan fingerprint density at radius 2 is 1.77 bits per heavy atom. The third-order valence-electron chi connectivity index (χ3n) is 4.23. The number of rotatable bonds is 6. The summed E-state index contributed by atoms with van der Waals surface area (Å²) < 4.78 is 0. The van der Waals surface area contributed by atoms with Crippen LogP contribution in [0.5, 0.6) is 0 Å². The maximum atomic E-state index is 12.7. The van der Waals surface area contributed by atoms with Gasteiger partial charge >= 0.3 is 0 Å². The monoisotopic (exact) mass is 370 g/mol. The molecule has 1 amide bonds. The maximum absolute atomic E-state index is 12.7. The van der Waals surface area contributed by atoms with Crippen molar-refractivity contribution in [2.45, 2.75) is 6.92 Å². The Kier molecular flexibility index (Phi) is 5.40. The number of Topliss-reactive ketones (excluding diaryl/α,β-unsaturated/α-hetero) is 1. The fourth-order valence-corrected chi connectivity index (χ4v) is 3.20. The molecular weight excluding hydrogens is 350 g/mol. The third kappa shape index (κ3) is 4.12. The summed E-state index contributed by atoms with van der Waals surface area (Å²) in [6.07, 6.45) is 0. The molecule has 0 spiro atoms. The summed E-state index contributed by atoms with van der Waals surface area (Å²) >= 11 is 5.84. The molecule has 5 nitrogen and oxygen atoms in total. The van der Waals surface area contributed by atoms with Gasteiger partial charge in [-0.15, -0.1) is 0 Å². The van der Waals surface area contributed by atoms with E-state index in [1.165, 1.54) is 0 Å². The Bertz CT molecular complexity index is 947. The first-order valence-electron chi connectivity index (χ1n) is 8.41. The maximum Gasteiger partial charge on any atom is 0.279 e. The van der Waals surface area contributed by atoms with Crippen molar-refractivity contribution < 1.29 is 14.5 Å². The quantitative estimate of drug-likeness (QED) is 0.583. The van der Waals surface area contributed by atoms with E-state index in [9.17, 15) is 9.59 Å². The first-order chi connectivity index (χ1) is 12.4. The van der Waals surface area contributed by atoms with Crippen LogP contribution < -0.4 is 10.2 Å². The van der Waals surface area contributed by atoms with Crippen molar-refractivity contribution in [2.75, 3.05) is 25.5 Å². The van der Waals surface area contributed by atoms with Gasteiger partial charge in [0.15, 0.2) is 6.54 Å². The number of hydrogen-bond acceptors (Lipinski definition) is 2. The number of amides is 1. The highest BCUT2D eigenvalue weighted by molar-refractivity contribution is 6.30. The molecule has 3 N–H and O–H groups in total. The van der Waals surface area contributed by atoms with Crippen molar-refractivity contribution in [1.29, 1.82) is 0 Å². The van der Waals surface area contributed by atoms with E-state index in [1.807, 2.05) is 38.2 Å². The Morgan fingerprint density at radius 1 is 1.08 bits per heavy atom. The Labute approximate surface area is 157 Å². The van der Waals surface area contributed by atoms with Crippen LogP contribution >= 0.6 is 11.6 Å². The highest BCUT2D eigenvalue weighted by Gasteiger charge is 2.20. The van der Waals surface area contributed by atoms with E-state index >= 15 is 0 Å². The van der Waals surface area contributed by atoms with Gasteiger partial charge in [0.05, 0.1) is 12.6 Å². The van der Waals surface area contributed by atoms with Crippen LogP contribution in [0.2, 0.25) is 5.02 Å². The lowest BCUT2D eigenvalue weighted by Gasteiger charge is -2.13. The summed E-state index contributed by atoms with van der Waals surface area (Å²) in [5.74, 6) is -0.120. The Hall–Kier alpha value is -2.63. The van der Waals surface area contributed by atoms with E-state index < -0.39 is 0 Å². The number of likely N-dealkylation sites (N-methyl/N-ethyl adjacent to an activating group) is 1. The second kappa shape index (κ2) is 7.72. The van der Waals surface area contributed by atoms with Gasteiger partial charge in [0.25, 0.3) is 5.91 Å². The number of carbonyl (C=O) groups is 2. The molecule has 1 unspecified atom stereocenters. The van der Waals surface area contributed by atoms with Crippen LogP contribution in [0.4, 0.5) is 5.69 Å². The Balaban J connectivity index is 1.62. The number of aromatic nitrogens is 1. The van der Waals surface area contributed by atoms with E-state index in [0.717, 1.165) is 21.5 Å². The summed E-state index contributed by atoms with van der Waals surface area (Å²) in [6, 6.07) is 14.7. The molecule has 1 heterocycles. The molecule has 1 aromatic heterocycles. The standard InChI is InChI=1S/C20H20ClN3O2/c1-13-20(16-5-3-4-6-17(16)22-13)18(25)11-24(2)12-19(26)23-15-9-7-14(21)8-10-15/h3-10,22H,11-12H2,1-2H3,(H,23,26)/p+1. The highest BCUT2D eigenvalue weighted by Crippen LogP contribution is 2.21. The molecule has 0 saturated carbocycles. The number of para-hydroxylation sites is 1. The van der Waals surface area contributed by atoms with Crippen molar-refractivity contribution in [3.63, 3.8) is 0 Å². The minimum atomic E-state index is -0.145. The van der Waals surface area contributed by atoms with E-state index in [4.69, 9.17) is 11.6 Å². The largest absolute Gasteiger partial charge is 0.358 e. The van der Waals surface area contributed by atoms with E-state index in [1.54, 1.807) is 24.3 Å². The number of halogens is 1. The third-order valence-corrected chi connectivity index (χ3v) is 4.48. The summed E-state index contributed by atoms with van der Waals surface area (Å²) in [5.41, 5.74) is 3.20. The Morgan fingerprint density at radius 3 is 2.50 bits per heavy atom. The molecule has 0 radical (unpaired) electrons. The minimum absolute atomic E-state index is 0.0248. The number of H-pyrrole nitrogens is 1. The molecule has 0 aliphatic carbocycles. The molecule has 0 aliphatic rings. The summed E-state index contributed by atoms with van der Waals surface area (Å²) in [4.78, 5) is 29.0. The van der Waals surface area contributed by atoms with E-state index in [-0.39, 0.29) is 24.8 Å². The van der Waals surface area contributed by atoms with Crippen molar-refractivity contribution in [2.24, 2.45) is 0 Å². The van der Waals surface area contributed by atoms with Crippen LogP contribution in [-0.4, -0.2) is 36.8 Å². The molecular formula is C20H21ClN3O2+. The van der Waals surface area contributed by atoms with Crippen LogP contribution in [0.15, 0.2) is 48.5 Å². The van der Waals surface area contributed by atoms with Gasteiger partial charge in [-0.05, 0) is 37.3 Å². The van der Waals surface area contributed by atoms with Gasteiger partial charge in [0, 0.05) is 27.3 Å². The molecule has 1 atom stereocenters. The number of ketones is 1. The average molecular weight is 371 g/mol. The number of carbonyl (C=O) groups excluding carboxylic acids is 2. The summed E-state index contributed by atoms with van der Waals surface area (Å²) in [5, 5.41) is 4.35. The minimum Gasteiger partial charge on any atom is -0.358 e. The second-order valence-corrected chi connectivity index (χ2v) is 6.90. The van der Waals surface area contributed by atoms with Crippen molar-refractivity contribution in [3.05, 3.63) is 64.8 Å². The second-order valence-electron chi connectivity index (χ2n) is 6.46. The van der Waals surface area contributed by atoms with Gasteiger partial charge in [0.1, 0.15) is 6.54 Å².